The summed E-state index contributed by atoms with van der Waals surface area (Å²) in [6, 6.07) is 1.29. The Morgan fingerprint density at radius 3 is 2.67 bits per heavy atom. The lowest BCUT2D eigenvalue weighted by atomic mass is 9.85. The fraction of sp³-hybridized carbons (Fsp3) is 1.00. The summed E-state index contributed by atoms with van der Waals surface area (Å²) < 4.78 is 22.3. The largest absolute Gasteiger partial charge is 0.310 e. The Morgan fingerprint density at radius 2 is 2.00 bits per heavy atom. The van der Waals surface area contributed by atoms with E-state index in [1.54, 1.807) is 0 Å². The zero-order chi connectivity index (χ0) is 13.2. The van der Waals surface area contributed by atoms with Crippen LogP contribution >= 0.6 is 0 Å². The predicted molar refractivity (Wildman–Crippen MR) is 74.5 cm³/mol. The van der Waals surface area contributed by atoms with Crippen molar-refractivity contribution in [3.05, 3.63) is 0 Å². The molecule has 2 rings (SSSR count). The zero-order valence-corrected chi connectivity index (χ0v) is 12.4. The van der Waals surface area contributed by atoms with E-state index < -0.39 is 9.84 Å². The van der Waals surface area contributed by atoms with Gasteiger partial charge in [-0.2, -0.15) is 0 Å². The Balaban J connectivity index is 1.73. The average molecular weight is 274 g/mol. The van der Waals surface area contributed by atoms with Gasteiger partial charge in [0.15, 0.2) is 0 Å². The fourth-order valence-corrected chi connectivity index (χ4v) is 4.01. The number of hydrogen-bond acceptors (Lipinski definition) is 4. The van der Waals surface area contributed by atoms with Crippen LogP contribution in [0.25, 0.3) is 0 Å². The second-order valence-corrected chi connectivity index (χ2v) is 8.40. The van der Waals surface area contributed by atoms with Gasteiger partial charge < -0.3 is 10.2 Å². The van der Waals surface area contributed by atoms with Crippen LogP contribution in [-0.2, 0) is 9.84 Å². The highest BCUT2D eigenvalue weighted by atomic mass is 32.2. The monoisotopic (exact) mass is 274 g/mol. The number of nitrogens with zero attached hydrogens (tertiary/aromatic N) is 1. The molecule has 106 valence electrons. The molecule has 5 heteroatoms. The average Bonchev–Trinajstić information content (AvgIpc) is 2.67. The summed E-state index contributed by atoms with van der Waals surface area (Å²) in [5, 5.41) is 3.73. The molecule has 2 aliphatic rings. The summed E-state index contributed by atoms with van der Waals surface area (Å²) in [5.74, 6) is 1.13. The number of rotatable bonds is 5. The smallest absolute Gasteiger partial charge is 0.148 e. The quantitative estimate of drug-likeness (QED) is 0.809. The van der Waals surface area contributed by atoms with Gasteiger partial charge >= 0.3 is 0 Å². The molecule has 2 fully saturated rings. The van der Waals surface area contributed by atoms with E-state index in [4.69, 9.17) is 0 Å². The van der Waals surface area contributed by atoms with Crippen molar-refractivity contribution in [3.63, 3.8) is 0 Å². The molecular formula is C13H26N2O2S. The van der Waals surface area contributed by atoms with Crippen LogP contribution in [-0.4, -0.2) is 57.5 Å². The normalized spacial score (nSPS) is 32.7. The van der Waals surface area contributed by atoms with Crippen LogP contribution in [0.2, 0.25) is 0 Å². The first-order valence-electron chi connectivity index (χ1n) is 7.06. The van der Waals surface area contributed by atoms with Gasteiger partial charge in [-0.25, -0.2) is 8.42 Å². The lowest BCUT2D eigenvalue weighted by molar-refractivity contribution is 0.309. The summed E-state index contributed by atoms with van der Waals surface area (Å²) in [5.41, 5.74) is 0. The first-order chi connectivity index (χ1) is 8.44. The third-order valence-corrected chi connectivity index (χ3v) is 5.25. The van der Waals surface area contributed by atoms with Crippen LogP contribution in [0.5, 0.6) is 0 Å². The topological polar surface area (TPSA) is 49.4 Å². The minimum Gasteiger partial charge on any atom is -0.310 e. The van der Waals surface area contributed by atoms with Gasteiger partial charge in [-0.1, -0.05) is 12.8 Å². The summed E-state index contributed by atoms with van der Waals surface area (Å²) in [6.07, 6.45) is 8.04. The van der Waals surface area contributed by atoms with Crippen LogP contribution in [0.4, 0.5) is 0 Å². The maximum atomic E-state index is 11.1. The molecular weight excluding hydrogens is 248 g/mol. The molecule has 1 saturated carbocycles. The van der Waals surface area contributed by atoms with E-state index in [-0.39, 0.29) is 5.75 Å². The molecule has 0 radical (unpaired) electrons. The van der Waals surface area contributed by atoms with Gasteiger partial charge in [-0.3, -0.25) is 0 Å². The maximum Gasteiger partial charge on any atom is 0.148 e. The van der Waals surface area contributed by atoms with Gasteiger partial charge in [0, 0.05) is 31.4 Å². The van der Waals surface area contributed by atoms with Gasteiger partial charge in [0.2, 0.25) is 0 Å². The van der Waals surface area contributed by atoms with E-state index in [1.807, 2.05) is 7.05 Å². The predicted octanol–water partition coefficient (Wildman–Crippen LogP) is 0.884. The van der Waals surface area contributed by atoms with Gasteiger partial charge in [-0.15, -0.1) is 0 Å². The van der Waals surface area contributed by atoms with Gasteiger partial charge in [-0.05, 0) is 32.2 Å². The third-order valence-electron chi connectivity index (χ3n) is 4.32. The van der Waals surface area contributed by atoms with Crippen LogP contribution in [0.15, 0.2) is 0 Å². The summed E-state index contributed by atoms with van der Waals surface area (Å²) in [6.45, 7) is 1.62. The molecule has 0 amide bonds. The van der Waals surface area contributed by atoms with Crippen molar-refractivity contribution in [2.75, 3.05) is 32.1 Å². The molecule has 0 spiro atoms. The highest BCUT2D eigenvalue weighted by molar-refractivity contribution is 7.90. The number of nitrogens with one attached hydrogen (secondary N) is 1. The molecule has 18 heavy (non-hydrogen) atoms. The number of hydrogen-bond donors (Lipinski definition) is 1. The van der Waals surface area contributed by atoms with Crippen molar-refractivity contribution in [2.45, 2.75) is 44.2 Å². The van der Waals surface area contributed by atoms with Crippen molar-refractivity contribution >= 4 is 9.84 Å². The molecule has 0 aromatic rings. The minimum atomic E-state index is -2.84. The van der Waals surface area contributed by atoms with E-state index >= 15 is 0 Å². The van der Waals surface area contributed by atoms with E-state index in [9.17, 15) is 8.42 Å². The van der Waals surface area contributed by atoms with Crippen molar-refractivity contribution in [1.29, 1.82) is 0 Å². The van der Waals surface area contributed by atoms with Crippen LogP contribution < -0.4 is 5.32 Å². The Kier molecular flexibility index (Phi) is 4.67. The van der Waals surface area contributed by atoms with Crippen LogP contribution in [0.1, 0.15) is 32.1 Å². The van der Waals surface area contributed by atoms with E-state index in [2.05, 4.69) is 10.2 Å². The molecule has 3 atom stereocenters. The van der Waals surface area contributed by atoms with Crippen molar-refractivity contribution in [3.8, 4) is 0 Å². The standard InChI is InChI=1S/C13H26N2O2S/c1-15(7-8-18(2,16)17)10-12-9-11-5-3-4-6-13(11)14-12/h11-14H,3-10H2,1-2H3. The molecule has 1 saturated heterocycles. The van der Waals surface area contributed by atoms with Crippen molar-refractivity contribution in [1.82, 2.24) is 10.2 Å². The highest BCUT2D eigenvalue weighted by Crippen LogP contribution is 2.33. The molecule has 1 aliphatic heterocycles. The summed E-state index contributed by atoms with van der Waals surface area (Å²) >= 11 is 0. The molecule has 1 aliphatic carbocycles. The molecule has 0 aromatic carbocycles. The van der Waals surface area contributed by atoms with Crippen molar-refractivity contribution < 1.29 is 8.42 Å². The SMILES string of the molecule is CN(CCS(C)(=O)=O)CC1CC2CCCCC2N1. The first kappa shape index (κ1) is 14.3. The number of fused-ring (bicyclic) bond motifs is 1. The molecule has 1 heterocycles. The molecule has 3 unspecified atom stereocenters. The van der Waals surface area contributed by atoms with Crippen LogP contribution in [0, 0.1) is 5.92 Å². The molecule has 0 bridgehead atoms. The Bertz CT molecular complexity index is 355. The number of likely N-dealkylation sites (N-methyl/N-ethyl adjacent to an activating group) is 1. The Morgan fingerprint density at radius 1 is 1.28 bits per heavy atom. The first-order valence-corrected chi connectivity index (χ1v) is 9.12. The fourth-order valence-electron chi connectivity index (χ4n) is 3.36. The number of sulfone groups is 1. The van der Waals surface area contributed by atoms with E-state index in [0.29, 0.717) is 12.6 Å². The van der Waals surface area contributed by atoms with E-state index in [1.165, 1.54) is 38.4 Å². The van der Waals surface area contributed by atoms with Gasteiger partial charge in [0.05, 0.1) is 5.75 Å². The summed E-state index contributed by atoms with van der Waals surface area (Å²) in [4.78, 5) is 2.15. The summed E-state index contributed by atoms with van der Waals surface area (Å²) in [7, 11) is -0.813. The van der Waals surface area contributed by atoms with Gasteiger partial charge in [0.25, 0.3) is 0 Å². The Labute approximate surface area is 111 Å². The molecule has 1 N–H and O–H groups in total. The lowest BCUT2D eigenvalue weighted by Gasteiger charge is -2.24. The zero-order valence-electron chi connectivity index (χ0n) is 11.6. The van der Waals surface area contributed by atoms with Crippen molar-refractivity contribution in [2.24, 2.45) is 5.92 Å². The van der Waals surface area contributed by atoms with E-state index in [0.717, 1.165) is 18.5 Å². The second kappa shape index (κ2) is 5.88. The van der Waals surface area contributed by atoms with Gasteiger partial charge in [0.1, 0.15) is 9.84 Å². The minimum absolute atomic E-state index is 0.267. The Hall–Kier alpha value is -0.130. The lowest BCUT2D eigenvalue weighted by Crippen LogP contribution is -2.40. The van der Waals surface area contributed by atoms with Crippen LogP contribution in [0.3, 0.4) is 0 Å². The third kappa shape index (κ3) is 4.21. The molecule has 0 aromatic heterocycles. The highest BCUT2D eigenvalue weighted by Gasteiger charge is 2.35. The maximum absolute atomic E-state index is 11.1. The second-order valence-electron chi connectivity index (χ2n) is 6.14. The molecule has 4 nitrogen and oxygen atoms in total.